The lowest BCUT2D eigenvalue weighted by Gasteiger charge is -2.49. The van der Waals surface area contributed by atoms with Gasteiger partial charge < -0.3 is 15.1 Å². The van der Waals surface area contributed by atoms with Crippen LogP contribution in [0, 0.1) is 17.3 Å². The number of hydrogen-bond donors (Lipinski definition) is 1. The molecule has 3 atom stereocenters. The van der Waals surface area contributed by atoms with Gasteiger partial charge in [-0.1, -0.05) is 73.5 Å². The van der Waals surface area contributed by atoms with Crippen LogP contribution in [0.2, 0.25) is 0 Å². The number of hydrogen-bond acceptors (Lipinski definition) is 5. The lowest BCUT2D eigenvalue weighted by atomic mass is 9.69. The predicted octanol–water partition coefficient (Wildman–Crippen LogP) is 5.69. The first-order valence-electron chi connectivity index (χ1n) is 17.0. The van der Waals surface area contributed by atoms with Crippen molar-refractivity contribution in [2.75, 3.05) is 26.2 Å². The summed E-state index contributed by atoms with van der Waals surface area (Å²) >= 11 is 0. The number of urea groups is 1. The fourth-order valence-electron chi connectivity index (χ4n) is 8.21. The molecule has 45 heavy (non-hydrogen) atoms. The number of nitrogens with zero attached hydrogens (tertiary/aromatic N) is 4. The molecule has 8 heteroatoms. The maximum atomic E-state index is 14.4. The van der Waals surface area contributed by atoms with Crippen LogP contribution in [0.15, 0.2) is 77.9 Å². The number of aromatic nitrogens is 2. The number of piperidine rings is 2. The van der Waals surface area contributed by atoms with Gasteiger partial charge in [0.25, 0.3) is 5.56 Å². The van der Waals surface area contributed by atoms with Crippen molar-refractivity contribution in [1.82, 2.24) is 24.7 Å². The van der Waals surface area contributed by atoms with Crippen LogP contribution in [0.5, 0.6) is 0 Å². The molecule has 2 amide bonds. The van der Waals surface area contributed by atoms with Gasteiger partial charge in [-0.25, -0.2) is 9.78 Å². The van der Waals surface area contributed by atoms with Gasteiger partial charge in [-0.3, -0.25) is 14.2 Å². The zero-order chi connectivity index (χ0) is 30.8. The van der Waals surface area contributed by atoms with E-state index in [0.717, 1.165) is 62.6 Å². The highest BCUT2D eigenvalue weighted by molar-refractivity contribution is 5.85. The van der Waals surface area contributed by atoms with Crippen LogP contribution in [0.25, 0.3) is 11.3 Å². The van der Waals surface area contributed by atoms with Crippen LogP contribution in [-0.2, 0) is 11.3 Å². The summed E-state index contributed by atoms with van der Waals surface area (Å²) in [5.41, 5.74) is 2.81. The lowest BCUT2D eigenvalue weighted by molar-refractivity contribution is -0.119. The van der Waals surface area contributed by atoms with E-state index in [1.54, 1.807) is 17.0 Å². The highest BCUT2D eigenvalue weighted by atomic mass is 16.2. The Morgan fingerprint density at radius 1 is 0.911 bits per heavy atom. The van der Waals surface area contributed by atoms with Crippen molar-refractivity contribution in [1.29, 1.82) is 0 Å². The van der Waals surface area contributed by atoms with Crippen molar-refractivity contribution >= 4 is 11.8 Å². The zero-order valence-electron chi connectivity index (χ0n) is 26.2. The Balaban J connectivity index is 1.05. The minimum absolute atomic E-state index is 0.0171. The first-order valence-corrected chi connectivity index (χ1v) is 17.0. The van der Waals surface area contributed by atoms with Crippen LogP contribution in [-0.4, -0.2) is 63.4 Å². The first-order chi connectivity index (χ1) is 22.0. The number of carbonyl (C=O) groups excluding carboxylic acids is 2. The minimum Gasteiger partial charge on any atom is -0.324 e. The normalized spacial score (nSPS) is 24.6. The second-order valence-electron chi connectivity index (χ2n) is 13.9. The number of ketones is 1. The average Bonchev–Trinajstić information content (AvgIpc) is 3.84. The summed E-state index contributed by atoms with van der Waals surface area (Å²) in [5.74, 6) is 0.924. The van der Waals surface area contributed by atoms with Gasteiger partial charge >= 0.3 is 6.03 Å². The van der Waals surface area contributed by atoms with Gasteiger partial charge in [0.1, 0.15) is 5.78 Å². The fourth-order valence-corrected chi connectivity index (χ4v) is 8.21. The Hall–Kier alpha value is -3.78. The van der Waals surface area contributed by atoms with Crippen molar-refractivity contribution in [3.05, 3.63) is 89.0 Å². The highest BCUT2D eigenvalue weighted by Gasteiger charge is 2.47. The summed E-state index contributed by atoms with van der Waals surface area (Å²) in [6.45, 7) is 3.21. The fraction of sp³-hybridized carbons (Fsp3) is 0.514. The molecule has 1 unspecified atom stereocenters. The lowest BCUT2D eigenvalue weighted by Crippen LogP contribution is -2.57. The smallest absolute Gasteiger partial charge is 0.320 e. The molecular weight excluding hydrogens is 562 g/mol. The molecule has 1 N–H and O–H groups in total. The number of benzene rings is 2. The molecule has 8 nitrogen and oxygen atoms in total. The summed E-state index contributed by atoms with van der Waals surface area (Å²) in [5, 5.41) is 3.53. The van der Waals surface area contributed by atoms with E-state index in [1.165, 1.54) is 12.8 Å². The molecule has 3 heterocycles. The Bertz CT molecular complexity index is 1550. The Labute approximate surface area is 265 Å². The Morgan fingerprint density at radius 3 is 2.36 bits per heavy atom. The molecule has 0 bridgehead atoms. The van der Waals surface area contributed by atoms with Gasteiger partial charge in [-0.15, -0.1) is 0 Å². The molecule has 2 aliphatic carbocycles. The van der Waals surface area contributed by atoms with Gasteiger partial charge in [-0.05, 0) is 61.8 Å². The van der Waals surface area contributed by atoms with Crippen molar-refractivity contribution in [2.24, 2.45) is 17.3 Å². The molecule has 236 valence electrons. The van der Waals surface area contributed by atoms with E-state index in [0.29, 0.717) is 43.6 Å². The van der Waals surface area contributed by atoms with E-state index in [9.17, 15) is 14.4 Å². The van der Waals surface area contributed by atoms with Gasteiger partial charge in [0.15, 0.2) is 0 Å². The van der Waals surface area contributed by atoms with Crippen molar-refractivity contribution in [3.8, 4) is 11.3 Å². The van der Waals surface area contributed by atoms with E-state index in [2.05, 4.69) is 32.2 Å². The molecule has 2 aliphatic heterocycles. The number of Topliss-reactive ketones (excluding diaryl/α,β-unsaturated/α-hetero) is 1. The standard InChI is InChI=1S/C37H45N5O3/c43-34(29-13-14-29)23-38-31-16-20-42(33(21-31)28-11-5-2-6-12-28)36(45)40-19-15-30(37(25-40)17-7-8-18-37)24-41-26-39-32(22-35(41)44)27-9-3-1-4-10-27/h1-6,9-12,22,26,29-31,33,38H,7-8,13-21,23-25H2/t30-,31?,33-/m0/s1. The molecule has 3 aromatic rings. The molecule has 0 radical (unpaired) electrons. The third-order valence-corrected chi connectivity index (χ3v) is 11.0. The zero-order valence-corrected chi connectivity index (χ0v) is 26.2. The Kier molecular flexibility index (Phi) is 8.58. The van der Waals surface area contributed by atoms with E-state index >= 15 is 0 Å². The van der Waals surface area contributed by atoms with Crippen molar-refractivity contribution < 1.29 is 9.59 Å². The Morgan fingerprint density at radius 2 is 1.64 bits per heavy atom. The molecule has 1 spiro atoms. The molecule has 2 saturated heterocycles. The van der Waals surface area contributed by atoms with Gasteiger partial charge in [0.2, 0.25) is 0 Å². The molecule has 2 aromatic carbocycles. The van der Waals surface area contributed by atoms with Gasteiger partial charge in [0, 0.05) is 49.8 Å². The maximum Gasteiger partial charge on any atom is 0.320 e. The van der Waals surface area contributed by atoms with E-state index in [-0.39, 0.29) is 35.0 Å². The number of carbonyl (C=O) groups is 2. The summed E-state index contributed by atoms with van der Waals surface area (Å²) in [7, 11) is 0. The van der Waals surface area contributed by atoms with Crippen LogP contribution in [0.3, 0.4) is 0 Å². The summed E-state index contributed by atoms with van der Waals surface area (Å²) in [4.78, 5) is 48.8. The van der Waals surface area contributed by atoms with E-state index in [4.69, 9.17) is 0 Å². The van der Waals surface area contributed by atoms with Crippen molar-refractivity contribution in [2.45, 2.75) is 76.4 Å². The first kappa shape index (κ1) is 29.9. The molecule has 4 fully saturated rings. The van der Waals surface area contributed by atoms with E-state index < -0.39 is 0 Å². The SMILES string of the molecule is O=C(CNC1CCN(C(=O)N2CC[C@@H](Cn3cnc(-c4ccccc4)cc3=O)C3(CCCC3)C2)[C@H](c2ccccc2)C1)C1CC1. The monoisotopic (exact) mass is 607 g/mol. The number of rotatable bonds is 8. The molecule has 1 aromatic heterocycles. The number of nitrogens with one attached hydrogen (secondary N) is 1. The van der Waals surface area contributed by atoms with Crippen LogP contribution < -0.4 is 10.9 Å². The second kappa shape index (κ2) is 12.9. The number of amides is 2. The largest absolute Gasteiger partial charge is 0.324 e. The summed E-state index contributed by atoms with van der Waals surface area (Å²) in [6.07, 6.45) is 10.8. The third kappa shape index (κ3) is 6.48. The molecule has 4 aliphatic rings. The average molecular weight is 608 g/mol. The topological polar surface area (TPSA) is 87.5 Å². The third-order valence-electron chi connectivity index (χ3n) is 11.0. The molecule has 7 rings (SSSR count). The van der Waals surface area contributed by atoms with Crippen molar-refractivity contribution in [3.63, 3.8) is 0 Å². The summed E-state index contributed by atoms with van der Waals surface area (Å²) < 4.78 is 1.78. The molecular formula is C37H45N5O3. The second-order valence-corrected chi connectivity index (χ2v) is 13.9. The predicted molar refractivity (Wildman–Crippen MR) is 175 cm³/mol. The van der Waals surface area contributed by atoms with Crippen LogP contribution in [0.1, 0.15) is 69.4 Å². The van der Waals surface area contributed by atoms with Crippen LogP contribution in [0.4, 0.5) is 4.79 Å². The molecule has 2 saturated carbocycles. The van der Waals surface area contributed by atoms with Crippen LogP contribution >= 0.6 is 0 Å². The minimum atomic E-state index is -0.0222. The number of likely N-dealkylation sites (tertiary alicyclic amines) is 2. The maximum absolute atomic E-state index is 14.4. The van der Waals surface area contributed by atoms with Gasteiger partial charge in [-0.2, -0.15) is 0 Å². The quantitative estimate of drug-likeness (QED) is 0.356. The highest BCUT2D eigenvalue weighted by Crippen LogP contribution is 2.49. The van der Waals surface area contributed by atoms with E-state index in [1.807, 2.05) is 48.5 Å². The summed E-state index contributed by atoms with van der Waals surface area (Å²) in [6, 6.07) is 22.2. The van der Waals surface area contributed by atoms with Gasteiger partial charge in [0.05, 0.1) is 24.6 Å².